The molecule has 0 aromatic heterocycles. The first-order chi connectivity index (χ1) is 7.55. The van der Waals surface area contributed by atoms with Crippen LogP contribution in [0.4, 0.5) is 0 Å². The van der Waals surface area contributed by atoms with Crippen LogP contribution in [0.1, 0.15) is 5.56 Å². The summed E-state index contributed by atoms with van der Waals surface area (Å²) < 4.78 is 22.3. The number of benzene rings is 1. The van der Waals surface area contributed by atoms with E-state index in [1.54, 1.807) is 6.08 Å². The van der Waals surface area contributed by atoms with Gasteiger partial charge in [0.25, 0.3) is 0 Å². The molecule has 0 saturated carbocycles. The first-order valence-electron chi connectivity index (χ1n) is 4.94. The monoisotopic (exact) mass is 257 g/mol. The Morgan fingerprint density at radius 3 is 2.88 bits per heavy atom. The SMILES string of the molecule is O=S1(=O)C=CC(NCc2cccc(Cl)c2)C1. The van der Waals surface area contributed by atoms with Gasteiger partial charge in [-0.2, -0.15) is 0 Å². The van der Waals surface area contributed by atoms with Crippen molar-refractivity contribution in [2.24, 2.45) is 0 Å². The van der Waals surface area contributed by atoms with E-state index < -0.39 is 9.84 Å². The number of nitrogens with one attached hydrogen (secondary N) is 1. The van der Waals surface area contributed by atoms with Crippen LogP contribution in [0, 0.1) is 0 Å². The summed E-state index contributed by atoms with van der Waals surface area (Å²) in [5.41, 5.74) is 1.05. The summed E-state index contributed by atoms with van der Waals surface area (Å²) in [6.45, 7) is 0.616. The molecule has 0 saturated heterocycles. The summed E-state index contributed by atoms with van der Waals surface area (Å²) in [7, 11) is -2.98. The minimum Gasteiger partial charge on any atom is -0.305 e. The molecule has 0 amide bonds. The van der Waals surface area contributed by atoms with E-state index in [0.717, 1.165) is 5.56 Å². The standard InChI is InChI=1S/C11H12ClNO2S/c12-10-3-1-2-9(6-10)7-13-11-4-5-16(14,15)8-11/h1-6,11,13H,7-8H2. The van der Waals surface area contributed by atoms with Gasteiger partial charge < -0.3 is 5.32 Å². The van der Waals surface area contributed by atoms with E-state index >= 15 is 0 Å². The maximum absolute atomic E-state index is 11.2. The molecule has 1 aliphatic rings. The van der Waals surface area contributed by atoms with Crippen molar-refractivity contribution in [2.45, 2.75) is 12.6 Å². The quantitative estimate of drug-likeness (QED) is 0.897. The highest BCUT2D eigenvalue weighted by Gasteiger charge is 2.20. The lowest BCUT2D eigenvalue weighted by molar-refractivity contribution is 0.590. The Bertz CT molecular complexity index is 510. The second-order valence-corrected chi connectivity index (χ2v) is 6.14. The molecule has 3 nitrogen and oxygen atoms in total. The summed E-state index contributed by atoms with van der Waals surface area (Å²) in [6.07, 6.45) is 1.68. The zero-order valence-electron chi connectivity index (χ0n) is 8.56. The third-order valence-corrected chi connectivity index (χ3v) is 4.02. The second kappa shape index (κ2) is 4.57. The fourth-order valence-electron chi connectivity index (χ4n) is 1.60. The van der Waals surface area contributed by atoms with E-state index in [2.05, 4.69) is 5.32 Å². The highest BCUT2D eigenvalue weighted by molar-refractivity contribution is 7.94. The summed E-state index contributed by atoms with van der Waals surface area (Å²) in [6, 6.07) is 7.41. The van der Waals surface area contributed by atoms with Crippen LogP contribution in [0.5, 0.6) is 0 Å². The van der Waals surface area contributed by atoms with E-state index in [-0.39, 0.29) is 11.8 Å². The van der Waals surface area contributed by atoms with Crippen molar-refractivity contribution in [3.8, 4) is 0 Å². The number of halogens is 1. The minimum atomic E-state index is -2.98. The summed E-state index contributed by atoms with van der Waals surface area (Å²) in [5, 5.41) is 5.11. The van der Waals surface area contributed by atoms with Crippen LogP contribution in [0.25, 0.3) is 0 Å². The molecule has 1 aliphatic heterocycles. The molecule has 2 rings (SSSR count). The van der Waals surface area contributed by atoms with Crippen molar-refractivity contribution in [1.82, 2.24) is 5.32 Å². The Morgan fingerprint density at radius 2 is 2.25 bits per heavy atom. The van der Waals surface area contributed by atoms with Crippen molar-refractivity contribution in [3.63, 3.8) is 0 Å². The predicted molar refractivity (Wildman–Crippen MR) is 65.0 cm³/mol. The molecular formula is C11H12ClNO2S. The molecule has 0 fully saturated rings. The molecule has 1 N–H and O–H groups in total. The minimum absolute atomic E-state index is 0.0935. The molecule has 5 heteroatoms. The summed E-state index contributed by atoms with van der Waals surface area (Å²) >= 11 is 5.85. The summed E-state index contributed by atoms with van der Waals surface area (Å²) in [4.78, 5) is 0. The van der Waals surface area contributed by atoms with E-state index in [1.807, 2.05) is 24.3 Å². The third kappa shape index (κ3) is 3.07. The van der Waals surface area contributed by atoms with Gasteiger partial charge in [0, 0.05) is 23.0 Å². The van der Waals surface area contributed by atoms with E-state index in [1.165, 1.54) is 5.41 Å². The van der Waals surface area contributed by atoms with Crippen molar-refractivity contribution in [1.29, 1.82) is 0 Å². The Balaban J connectivity index is 1.92. The van der Waals surface area contributed by atoms with Crippen LogP contribution in [-0.2, 0) is 16.4 Å². The molecule has 0 spiro atoms. The Hall–Kier alpha value is -0.840. The van der Waals surface area contributed by atoms with Gasteiger partial charge in [-0.15, -0.1) is 0 Å². The van der Waals surface area contributed by atoms with Gasteiger partial charge in [-0.05, 0) is 17.7 Å². The van der Waals surface area contributed by atoms with Gasteiger partial charge in [0.1, 0.15) is 0 Å². The third-order valence-electron chi connectivity index (χ3n) is 2.39. The van der Waals surface area contributed by atoms with Crippen LogP contribution in [-0.4, -0.2) is 20.2 Å². The first-order valence-corrected chi connectivity index (χ1v) is 7.03. The molecule has 1 heterocycles. The number of hydrogen-bond donors (Lipinski definition) is 1. The lowest BCUT2D eigenvalue weighted by atomic mass is 10.2. The molecule has 16 heavy (non-hydrogen) atoms. The van der Waals surface area contributed by atoms with Gasteiger partial charge in [-0.3, -0.25) is 0 Å². The molecule has 86 valence electrons. The Morgan fingerprint density at radius 1 is 1.44 bits per heavy atom. The maximum atomic E-state index is 11.2. The average molecular weight is 258 g/mol. The molecule has 0 radical (unpaired) electrons. The number of sulfone groups is 1. The zero-order valence-corrected chi connectivity index (χ0v) is 10.1. The molecule has 0 aliphatic carbocycles. The van der Waals surface area contributed by atoms with E-state index in [4.69, 9.17) is 11.6 Å². The van der Waals surface area contributed by atoms with Crippen LogP contribution in [0.3, 0.4) is 0 Å². The van der Waals surface area contributed by atoms with Crippen LogP contribution >= 0.6 is 11.6 Å². The average Bonchev–Trinajstić information content (AvgIpc) is 2.56. The van der Waals surface area contributed by atoms with E-state index in [0.29, 0.717) is 11.6 Å². The smallest absolute Gasteiger partial charge is 0.173 e. The molecule has 1 atom stereocenters. The van der Waals surface area contributed by atoms with Gasteiger partial charge in [0.2, 0.25) is 0 Å². The van der Waals surface area contributed by atoms with Crippen LogP contribution in [0.2, 0.25) is 5.02 Å². The predicted octanol–water partition coefficient (Wildman–Crippen LogP) is 1.74. The highest BCUT2D eigenvalue weighted by Crippen LogP contribution is 2.12. The maximum Gasteiger partial charge on any atom is 0.173 e. The largest absolute Gasteiger partial charge is 0.305 e. The van der Waals surface area contributed by atoms with Crippen molar-refractivity contribution >= 4 is 21.4 Å². The fourth-order valence-corrected chi connectivity index (χ4v) is 3.08. The summed E-state index contributed by atoms with van der Waals surface area (Å²) in [5.74, 6) is 0.146. The van der Waals surface area contributed by atoms with Gasteiger partial charge in [0.05, 0.1) is 5.75 Å². The van der Waals surface area contributed by atoms with Crippen LogP contribution in [0.15, 0.2) is 35.7 Å². The highest BCUT2D eigenvalue weighted by atomic mass is 35.5. The molecule has 1 aromatic carbocycles. The first kappa shape index (κ1) is 11.6. The van der Waals surface area contributed by atoms with Crippen LogP contribution < -0.4 is 5.32 Å². The molecular weight excluding hydrogens is 246 g/mol. The van der Waals surface area contributed by atoms with E-state index in [9.17, 15) is 8.42 Å². The number of hydrogen-bond acceptors (Lipinski definition) is 3. The Labute approximate surface area is 100 Å². The van der Waals surface area contributed by atoms with Gasteiger partial charge >= 0.3 is 0 Å². The lowest BCUT2D eigenvalue weighted by Gasteiger charge is -2.09. The fraction of sp³-hybridized carbons (Fsp3) is 0.273. The normalized spacial score (nSPS) is 22.4. The van der Waals surface area contributed by atoms with Gasteiger partial charge in [0.15, 0.2) is 9.84 Å². The van der Waals surface area contributed by atoms with Gasteiger partial charge in [-0.1, -0.05) is 29.8 Å². The molecule has 1 unspecified atom stereocenters. The van der Waals surface area contributed by atoms with Gasteiger partial charge in [-0.25, -0.2) is 8.42 Å². The van der Waals surface area contributed by atoms with Crippen molar-refractivity contribution in [3.05, 3.63) is 46.3 Å². The molecule has 1 aromatic rings. The topological polar surface area (TPSA) is 46.2 Å². The molecule has 0 bridgehead atoms. The van der Waals surface area contributed by atoms with Crippen molar-refractivity contribution < 1.29 is 8.42 Å². The zero-order chi connectivity index (χ0) is 11.6. The Kier molecular flexibility index (Phi) is 3.33. The second-order valence-electron chi connectivity index (χ2n) is 3.78. The number of rotatable bonds is 3. The lowest BCUT2D eigenvalue weighted by Crippen LogP contribution is -2.29. The van der Waals surface area contributed by atoms with Crippen molar-refractivity contribution in [2.75, 3.05) is 5.75 Å².